The molecule has 0 fully saturated rings. The number of anilines is 1. The summed E-state index contributed by atoms with van der Waals surface area (Å²) in [6.07, 6.45) is 2.75. The zero-order valence-electron chi connectivity index (χ0n) is 13.6. The molecule has 0 saturated carbocycles. The highest BCUT2D eigenvalue weighted by Crippen LogP contribution is 2.40. The molecule has 0 aliphatic heterocycles. The van der Waals surface area contributed by atoms with E-state index in [1.54, 1.807) is 0 Å². The normalized spacial score (nSPS) is 16.8. The zero-order valence-corrected chi connectivity index (χ0v) is 14.4. The topological polar surface area (TPSA) is 89.9 Å². The minimum atomic E-state index is -0.232. The third-order valence-corrected chi connectivity index (χ3v) is 5.21. The lowest BCUT2D eigenvalue weighted by Crippen LogP contribution is -2.36. The Labute approximate surface area is 140 Å². The molecule has 0 spiro atoms. The molecule has 1 aromatic rings. The van der Waals surface area contributed by atoms with Gasteiger partial charge in [0, 0.05) is 24.9 Å². The number of rotatable bonds is 6. The van der Waals surface area contributed by atoms with Gasteiger partial charge in [0.15, 0.2) is 0 Å². The van der Waals surface area contributed by atoms with Crippen molar-refractivity contribution >= 4 is 28.2 Å². The molecular formula is C16H24N2O4S. The van der Waals surface area contributed by atoms with Crippen molar-refractivity contribution in [3.05, 3.63) is 16.0 Å². The van der Waals surface area contributed by atoms with Crippen molar-refractivity contribution in [2.45, 2.75) is 33.1 Å². The van der Waals surface area contributed by atoms with Gasteiger partial charge in [-0.1, -0.05) is 6.92 Å². The highest BCUT2D eigenvalue weighted by Gasteiger charge is 2.30. The van der Waals surface area contributed by atoms with E-state index in [9.17, 15) is 9.59 Å². The minimum absolute atomic E-state index is 0.162. The lowest BCUT2D eigenvalue weighted by Gasteiger charge is -2.23. The number of amides is 2. The Hall–Kier alpha value is -1.44. The van der Waals surface area contributed by atoms with Crippen LogP contribution in [0.5, 0.6) is 0 Å². The maximum Gasteiger partial charge on any atom is 0.257 e. The first-order valence-electron chi connectivity index (χ1n) is 7.91. The number of nitrogens with zero attached hydrogens (tertiary/aromatic N) is 1. The summed E-state index contributed by atoms with van der Waals surface area (Å²) in [6.45, 7) is 3.62. The summed E-state index contributed by atoms with van der Waals surface area (Å²) in [7, 11) is 0. The molecule has 1 aromatic heterocycles. The number of aliphatic hydroxyl groups is 2. The Morgan fingerprint density at radius 3 is 2.52 bits per heavy atom. The summed E-state index contributed by atoms with van der Waals surface area (Å²) in [4.78, 5) is 27.0. The fourth-order valence-corrected chi connectivity index (χ4v) is 4.39. The van der Waals surface area contributed by atoms with Crippen LogP contribution in [-0.4, -0.2) is 53.2 Å². The number of thiophene rings is 1. The molecule has 0 radical (unpaired) electrons. The third-order valence-electron chi connectivity index (χ3n) is 4.04. The Balaban J connectivity index is 2.41. The van der Waals surface area contributed by atoms with Gasteiger partial charge in [-0.05, 0) is 30.7 Å². The Morgan fingerprint density at radius 1 is 1.30 bits per heavy atom. The van der Waals surface area contributed by atoms with Crippen LogP contribution in [-0.2, 0) is 17.6 Å². The quantitative estimate of drug-likeness (QED) is 0.727. The summed E-state index contributed by atoms with van der Waals surface area (Å²) in [5.41, 5.74) is 1.55. The van der Waals surface area contributed by atoms with Crippen LogP contribution in [0.1, 0.15) is 41.1 Å². The molecule has 1 aliphatic carbocycles. The van der Waals surface area contributed by atoms with E-state index in [0.717, 1.165) is 29.7 Å². The van der Waals surface area contributed by atoms with Crippen molar-refractivity contribution < 1.29 is 19.8 Å². The number of fused-ring (bicyclic) bond motifs is 1. The van der Waals surface area contributed by atoms with Crippen LogP contribution in [0.15, 0.2) is 0 Å². The van der Waals surface area contributed by atoms with Gasteiger partial charge in [-0.2, -0.15) is 0 Å². The minimum Gasteiger partial charge on any atom is -0.395 e. The van der Waals surface area contributed by atoms with E-state index < -0.39 is 0 Å². The number of aliphatic hydroxyl groups excluding tert-OH is 2. The van der Waals surface area contributed by atoms with E-state index in [-0.39, 0.29) is 38.1 Å². The second-order valence-corrected chi connectivity index (χ2v) is 7.08. The Bertz CT molecular complexity index is 579. The van der Waals surface area contributed by atoms with Gasteiger partial charge >= 0.3 is 0 Å². The maximum atomic E-state index is 12.9. The fraction of sp³-hybridized carbons (Fsp3) is 0.625. The summed E-state index contributed by atoms with van der Waals surface area (Å²) in [5, 5.41) is 21.7. The van der Waals surface area contributed by atoms with Gasteiger partial charge in [-0.15, -0.1) is 11.3 Å². The predicted molar refractivity (Wildman–Crippen MR) is 89.9 cm³/mol. The third kappa shape index (κ3) is 4.10. The van der Waals surface area contributed by atoms with E-state index in [1.165, 1.54) is 23.2 Å². The van der Waals surface area contributed by atoms with Crippen molar-refractivity contribution in [2.75, 3.05) is 31.6 Å². The van der Waals surface area contributed by atoms with E-state index in [2.05, 4.69) is 12.2 Å². The van der Waals surface area contributed by atoms with Crippen LogP contribution in [0.4, 0.5) is 5.00 Å². The van der Waals surface area contributed by atoms with Crippen LogP contribution in [0.3, 0.4) is 0 Å². The van der Waals surface area contributed by atoms with Gasteiger partial charge < -0.3 is 20.4 Å². The molecule has 128 valence electrons. The average molecular weight is 340 g/mol. The molecule has 2 rings (SSSR count). The highest BCUT2D eigenvalue weighted by atomic mass is 32.1. The van der Waals surface area contributed by atoms with Gasteiger partial charge in [0.2, 0.25) is 5.91 Å². The molecule has 3 N–H and O–H groups in total. The van der Waals surface area contributed by atoms with E-state index in [0.29, 0.717) is 16.5 Å². The fourth-order valence-electron chi connectivity index (χ4n) is 2.94. The Kier molecular flexibility index (Phi) is 6.15. The molecular weight excluding hydrogens is 316 g/mol. The van der Waals surface area contributed by atoms with Crippen LogP contribution in [0.25, 0.3) is 0 Å². The number of hydrogen-bond donors (Lipinski definition) is 3. The van der Waals surface area contributed by atoms with Crippen molar-refractivity contribution in [2.24, 2.45) is 5.92 Å². The summed E-state index contributed by atoms with van der Waals surface area (Å²) >= 11 is 1.47. The van der Waals surface area contributed by atoms with Crippen LogP contribution < -0.4 is 5.32 Å². The van der Waals surface area contributed by atoms with E-state index >= 15 is 0 Å². The molecule has 7 heteroatoms. The lowest BCUT2D eigenvalue weighted by atomic mass is 9.88. The van der Waals surface area contributed by atoms with Crippen molar-refractivity contribution in [1.29, 1.82) is 0 Å². The lowest BCUT2D eigenvalue weighted by molar-refractivity contribution is -0.114. The SMILES string of the molecule is CC(=O)Nc1sc2c(c1C(=O)N(CCO)CCO)CC[C@@H](C)C2. The second kappa shape index (κ2) is 7.90. The molecule has 1 heterocycles. The van der Waals surface area contributed by atoms with Crippen LogP contribution in [0.2, 0.25) is 0 Å². The van der Waals surface area contributed by atoms with Gasteiger partial charge in [-0.25, -0.2) is 0 Å². The second-order valence-electron chi connectivity index (χ2n) is 5.98. The smallest absolute Gasteiger partial charge is 0.257 e. The molecule has 1 atom stereocenters. The van der Waals surface area contributed by atoms with E-state index in [1.807, 2.05) is 0 Å². The maximum absolute atomic E-state index is 12.9. The summed E-state index contributed by atoms with van der Waals surface area (Å²) in [5.74, 6) is 0.130. The van der Waals surface area contributed by atoms with Crippen molar-refractivity contribution in [3.8, 4) is 0 Å². The largest absolute Gasteiger partial charge is 0.395 e. The molecule has 2 amide bonds. The summed E-state index contributed by atoms with van der Waals surface area (Å²) in [6, 6.07) is 0. The predicted octanol–water partition coefficient (Wildman–Crippen LogP) is 1.26. The Morgan fingerprint density at radius 2 is 1.96 bits per heavy atom. The van der Waals surface area contributed by atoms with Gasteiger partial charge in [-0.3, -0.25) is 9.59 Å². The van der Waals surface area contributed by atoms with Crippen molar-refractivity contribution in [3.63, 3.8) is 0 Å². The highest BCUT2D eigenvalue weighted by molar-refractivity contribution is 7.17. The molecule has 0 saturated heterocycles. The van der Waals surface area contributed by atoms with Crippen LogP contribution in [0, 0.1) is 5.92 Å². The first-order valence-corrected chi connectivity index (χ1v) is 8.72. The molecule has 0 bridgehead atoms. The number of carbonyl (C=O) groups excluding carboxylic acids is 2. The van der Waals surface area contributed by atoms with Gasteiger partial charge in [0.1, 0.15) is 5.00 Å². The number of carbonyl (C=O) groups is 2. The van der Waals surface area contributed by atoms with E-state index in [4.69, 9.17) is 10.2 Å². The van der Waals surface area contributed by atoms with Crippen molar-refractivity contribution in [1.82, 2.24) is 4.90 Å². The summed E-state index contributed by atoms with van der Waals surface area (Å²) < 4.78 is 0. The molecule has 0 unspecified atom stereocenters. The molecule has 1 aliphatic rings. The average Bonchev–Trinajstić information content (AvgIpc) is 2.82. The number of hydrogen-bond acceptors (Lipinski definition) is 5. The van der Waals surface area contributed by atoms with Gasteiger partial charge in [0.05, 0.1) is 18.8 Å². The van der Waals surface area contributed by atoms with Gasteiger partial charge in [0.25, 0.3) is 5.91 Å². The standard InChI is InChI=1S/C16H24N2O4S/c1-10-3-4-12-13(9-10)23-15(17-11(2)21)14(12)16(22)18(5-7-19)6-8-20/h10,19-20H,3-9H2,1-2H3,(H,17,21)/t10-/m1/s1. The molecule has 0 aromatic carbocycles. The monoisotopic (exact) mass is 340 g/mol. The number of nitrogens with one attached hydrogen (secondary N) is 1. The first-order chi connectivity index (χ1) is 11.0. The molecule has 6 nitrogen and oxygen atoms in total. The molecule has 23 heavy (non-hydrogen) atoms. The van der Waals surface area contributed by atoms with Crippen LogP contribution >= 0.6 is 11.3 Å². The first kappa shape index (κ1) is 17.9. The zero-order chi connectivity index (χ0) is 17.0.